The lowest BCUT2D eigenvalue weighted by Gasteiger charge is -2.09. The minimum absolute atomic E-state index is 0.0324. The first-order chi connectivity index (χ1) is 8.66. The van der Waals surface area contributed by atoms with Crippen LogP contribution in [0, 0.1) is 12.7 Å². The molecule has 1 fully saturated rings. The summed E-state index contributed by atoms with van der Waals surface area (Å²) in [4.78, 5) is 12.0. The van der Waals surface area contributed by atoms with Gasteiger partial charge in [-0.3, -0.25) is 4.79 Å². The highest BCUT2D eigenvalue weighted by molar-refractivity contribution is 5.97. The Morgan fingerprint density at radius 3 is 3.06 bits per heavy atom. The van der Waals surface area contributed by atoms with Crippen molar-refractivity contribution in [2.75, 3.05) is 6.61 Å². The van der Waals surface area contributed by atoms with E-state index < -0.39 is 0 Å². The SMILES string of the molecule is Cc1ccc(F)cc1C(=O)CCCC1CCCO1. The number of Topliss-reactive ketones (excluding diaryl/α,β-unsaturated/α-hetero) is 1. The van der Waals surface area contributed by atoms with Crippen molar-refractivity contribution in [1.82, 2.24) is 0 Å². The number of ether oxygens (including phenoxy) is 1. The Bertz CT molecular complexity index is 423. The van der Waals surface area contributed by atoms with Crippen molar-refractivity contribution in [2.24, 2.45) is 0 Å². The zero-order chi connectivity index (χ0) is 13.0. The summed E-state index contributed by atoms with van der Waals surface area (Å²) in [5.41, 5.74) is 1.36. The molecule has 0 aliphatic carbocycles. The number of hydrogen-bond donors (Lipinski definition) is 0. The Morgan fingerprint density at radius 2 is 2.33 bits per heavy atom. The molecule has 18 heavy (non-hydrogen) atoms. The topological polar surface area (TPSA) is 26.3 Å². The molecule has 2 nitrogen and oxygen atoms in total. The Hall–Kier alpha value is -1.22. The maximum Gasteiger partial charge on any atom is 0.163 e. The van der Waals surface area contributed by atoms with Gasteiger partial charge in [-0.25, -0.2) is 4.39 Å². The second kappa shape index (κ2) is 6.10. The van der Waals surface area contributed by atoms with Crippen molar-refractivity contribution >= 4 is 5.78 Å². The first kappa shape index (κ1) is 13.2. The summed E-state index contributed by atoms with van der Waals surface area (Å²) in [7, 11) is 0. The van der Waals surface area contributed by atoms with Crippen molar-refractivity contribution in [2.45, 2.75) is 45.1 Å². The van der Waals surface area contributed by atoms with E-state index in [0.29, 0.717) is 18.1 Å². The van der Waals surface area contributed by atoms with Crippen LogP contribution in [0.2, 0.25) is 0 Å². The first-order valence-corrected chi connectivity index (χ1v) is 6.58. The molecule has 0 spiro atoms. The number of rotatable bonds is 5. The lowest BCUT2D eigenvalue weighted by atomic mass is 9.99. The van der Waals surface area contributed by atoms with Gasteiger partial charge in [-0.05, 0) is 50.3 Å². The summed E-state index contributed by atoms with van der Waals surface area (Å²) in [6, 6.07) is 4.38. The molecule has 1 aromatic carbocycles. The van der Waals surface area contributed by atoms with Gasteiger partial charge < -0.3 is 4.74 Å². The first-order valence-electron chi connectivity index (χ1n) is 6.58. The third kappa shape index (κ3) is 3.39. The zero-order valence-corrected chi connectivity index (χ0v) is 10.7. The van der Waals surface area contributed by atoms with E-state index in [2.05, 4.69) is 0 Å². The molecule has 98 valence electrons. The molecule has 0 bridgehead atoms. The average Bonchev–Trinajstić information content (AvgIpc) is 2.85. The lowest BCUT2D eigenvalue weighted by Crippen LogP contribution is -2.07. The van der Waals surface area contributed by atoms with Gasteiger partial charge in [-0.15, -0.1) is 0 Å². The van der Waals surface area contributed by atoms with E-state index in [1.54, 1.807) is 6.07 Å². The summed E-state index contributed by atoms with van der Waals surface area (Å²) in [6.45, 7) is 2.69. The van der Waals surface area contributed by atoms with Crippen LogP contribution in [0.3, 0.4) is 0 Å². The molecule has 1 saturated heterocycles. The average molecular weight is 250 g/mol. The zero-order valence-electron chi connectivity index (χ0n) is 10.7. The smallest absolute Gasteiger partial charge is 0.163 e. The molecule has 0 N–H and O–H groups in total. The van der Waals surface area contributed by atoms with Gasteiger partial charge in [-0.1, -0.05) is 6.07 Å². The van der Waals surface area contributed by atoms with E-state index >= 15 is 0 Å². The van der Waals surface area contributed by atoms with Crippen molar-refractivity contribution in [3.05, 3.63) is 35.1 Å². The number of benzene rings is 1. The summed E-state index contributed by atoms with van der Waals surface area (Å²) < 4.78 is 18.6. The number of carbonyl (C=O) groups excluding carboxylic acids is 1. The Morgan fingerprint density at radius 1 is 1.50 bits per heavy atom. The van der Waals surface area contributed by atoms with Crippen molar-refractivity contribution in [3.63, 3.8) is 0 Å². The molecule has 1 unspecified atom stereocenters. The Balaban J connectivity index is 1.85. The highest BCUT2D eigenvalue weighted by Gasteiger charge is 2.16. The minimum Gasteiger partial charge on any atom is -0.378 e. The predicted molar refractivity (Wildman–Crippen MR) is 68.3 cm³/mol. The van der Waals surface area contributed by atoms with E-state index in [0.717, 1.165) is 37.9 Å². The van der Waals surface area contributed by atoms with Crippen LogP contribution in [0.5, 0.6) is 0 Å². The van der Waals surface area contributed by atoms with Crippen LogP contribution >= 0.6 is 0 Å². The maximum atomic E-state index is 13.1. The molecule has 1 atom stereocenters. The fourth-order valence-corrected chi connectivity index (χ4v) is 2.39. The summed E-state index contributed by atoms with van der Waals surface area (Å²) in [5, 5.41) is 0. The van der Waals surface area contributed by atoms with Gasteiger partial charge in [0.1, 0.15) is 5.82 Å². The van der Waals surface area contributed by atoms with Crippen LogP contribution in [0.25, 0.3) is 0 Å². The number of aryl methyl sites for hydroxylation is 1. The van der Waals surface area contributed by atoms with E-state index in [9.17, 15) is 9.18 Å². The number of carbonyl (C=O) groups is 1. The standard InChI is InChI=1S/C15H19FO2/c1-11-7-8-12(16)10-14(11)15(17)6-2-4-13-5-3-9-18-13/h7-8,10,13H,2-6,9H2,1H3. The number of halogens is 1. The number of ketones is 1. The quantitative estimate of drug-likeness (QED) is 0.745. The van der Waals surface area contributed by atoms with Gasteiger partial charge in [-0.2, -0.15) is 0 Å². The lowest BCUT2D eigenvalue weighted by molar-refractivity contribution is 0.0922. The summed E-state index contributed by atoms with van der Waals surface area (Å²) in [6.07, 6.45) is 4.78. The second-order valence-corrected chi connectivity index (χ2v) is 4.91. The van der Waals surface area contributed by atoms with Crippen molar-refractivity contribution < 1.29 is 13.9 Å². The molecule has 1 aromatic rings. The van der Waals surface area contributed by atoms with Gasteiger partial charge in [0.15, 0.2) is 5.78 Å². The molecule has 0 saturated carbocycles. The molecule has 0 aromatic heterocycles. The minimum atomic E-state index is -0.344. The van der Waals surface area contributed by atoms with Crippen LogP contribution in [0.15, 0.2) is 18.2 Å². The predicted octanol–water partition coefficient (Wildman–Crippen LogP) is 3.67. The normalized spacial score (nSPS) is 19.1. The molecule has 1 aliphatic heterocycles. The molecular formula is C15H19FO2. The van der Waals surface area contributed by atoms with E-state index in [1.807, 2.05) is 6.92 Å². The largest absolute Gasteiger partial charge is 0.378 e. The van der Waals surface area contributed by atoms with Crippen LogP contribution in [0.4, 0.5) is 4.39 Å². The molecule has 2 rings (SSSR count). The third-order valence-electron chi connectivity index (χ3n) is 3.45. The van der Waals surface area contributed by atoms with E-state index in [-0.39, 0.29) is 11.6 Å². The van der Waals surface area contributed by atoms with Gasteiger partial charge in [0, 0.05) is 18.6 Å². The van der Waals surface area contributed by atoms with Gasteiger partial charge in [0.05, 0.1) is 6.10 Å². The van der Waals surface area contributed by atoms with Gasteiger partial charge in [0.2, 0.25) is 0 Å². The fraction of sp³-hybridized carbons (Fsp3) is 0.533. The number of hydrogen-bond acceptors (Lipinski definition) is 2. The molecular weight excluding hydrogens is 231 g/mol. The molecule has 0 radical (unpaired) electrons. The van der Waals surface area contributed by atoms with E-state index in [1.165, 1.54) is 12.1 Å². The highest BCUT2D eigenvalue weighted by atomic mass is 19.1. The van der Waals surface area contributed by atoms with E-state index in [4.69, 9.17) is 4.74 Å². The monoisotopic (exact) mass is 250 g/mol. The summed E-state index contributed by atoms with van der Waals surface area (Å²) >= 11 is 0. The summed E-state index contributed by atoms with van der Waals surface area (Å²) in [5.74, 6) is -0.312. The molecule has 1 aliphatic rings. The molecule has 0 amide bonds. The van der Waals surface area contributed by atoms with Crippen molar-refractivity contribution in [1.29, 1.82) is 0 Å². The maximum absolute atomic E-state index is 13.1. The molecule has 3 heteroatoms. The van der Waals surface area contributed by atoms with Gasteiger partial charge in [0.25, 0.3) is 0 Å². The van der Waals surface area contributed by atoms with Crippen LogP contribution in [-0.4, -0.2) is 18.5 Å². The van der Waals surface area contributed by atoms with Crippen LogP contribution in [-0.2, 0) is 4.74 Å². The van der Waals surface area contributed by atoms with Crippen LogP contribution in [0.1, 0.15) is 48.0 Å². The van der Waals surface area contributed by atoms with Crippen LogP contribution < -0.4 is 0 Å². The van der Waals surface area contributed by atoms with Crippen molar-refractivity contribution in [3.8, 4) is 0 Å². The van der Waals surface area contributed by atoms with Gasteiger partial charge >= 0.3 is 0 Å². The molecule has 1 heterocycles. The third-order valence-corrected chi connectivity index (χ3v) is 3.45. The fourth-order valence-electron chi connectivity index (χ4n) is 2.39. The second-order valence-electron chi connectivity index (χ2n) is 4.91. The highest BCUT2D eigenvalue weighted by Crippen LogP contribution is 2.19. The Labute approximate surface area is 107 Å². The Kier molecular flexibility index (Phi) is 4.48.